The van der Waals surface area contributed by atoms with Gasteiger partial charge in [-0.1, -0.05) is 18.2 Å². The van der Waals surface area contributed by atoms with Gasteiger partial charge in [0.25, 0.3) is 0 Å². The zero-order valence-corrected chi connectivity index (χ0v) is 12.7. The molecular weight excluding hydrogens is 310 g/mol. The Labute approximate surface area is 135 Å². The van der Waals surface area contributed by atoms with E-state index in [0.717, 1.165) is 21.0 Å². The van der Waals surface area contributed by atoms with Crippen molar-refractivity contribution in [2.24, 2.45) is 0 Å². The average molecular weight is 321 g/mol. The minimum Gasteiger partial charge on any atom is -0.507 e. The first-order chi connectivity index (χ1) is 11.1. The fraction of sp³-hybridized carbons (Fsp3) is 0. The summed E-state index contributed by atoms with van der Waals surface area (Å²) in [5.41, 5.74) is 1.71. The minimum atomic E-state index is -0.971. The maximum absolute atomic E-state index is 11.1. The fourth-order valence-corrected chi connectivity index (χ4v) is 3.57. The van der Waals surface area contributed by atoms with E-state index in [4.69, 9.17) is 5.11 Å². The smallest absolute Gasteiger partial charge is 0.335 e. The summed E-state index contributed by atoms with van der Waals surface area (Å²) < 4.78 is 1.04. The number of phenolic OH excluding ortho intramolecular Hbond substituents is 1. The number of hydrogen-bond acceptors (Lipinski definition) is 4. The summed E-state index contributed by atoms with van der Waals surface area (Å²) in [6.07, 6.45) is 0. The lowest BCUT2D eigenvalue weighted by Crippen LogP contribution is -1.95. The first-order valence-corrected chi connectivity index (χ1v) is 7.79. The van der Waals surface area contributed by atoms with Crippen LogP contribution in [0.3, 0.4) is 0 Å². The van der Waals surface area contributed by atoms with Crippen LogP contribution in [0, 0.1) is 0 Å². The van der Waals surface area contributed by atoms with Crippen molar-refractivity contribution < 1.29 is 15.0 Å². The molecule has 4 nitrogen and oxygen atoms in total. The quantitative estimate of drug-likeness (QED) is 0.569. The number of carbonyl (C=O) groups is 1. The molecule has 0 fully saturated rings. The lowest BCUT2D eigenvalue weighted by molar-refractivity contribution is 0.0697. The molecule has 0 aliphatic heterocycles. The molecule has 4 aromatic rings. The molecule has 23 heavy (non-hydrogen) atoms. The van der Waals surface area contributed by atoms with E-state index in [1.807, 2.05) is 24.3 Å². The van der Waals surface area contributed by atoms with Crippen LogP contribution in [0.2, 0.25) is 0 Å². The maximum Gasteiger partial charge on any atom is 0.335 e. The van der Waals surface area contributed by atoms with E-state index in [2.05, 4.69) is 4.98 Å². The molecule has 4 rings (SSSR count). The highest BCUT2D eigenvalue weighted by molar-refractivity contribution is 7.21. The van der Waals surface area contributed by atoms with Gasteiger partial charge in [-0.3, -0.25) is 0 Å². The van der Waals surface area contributed by atoms with Gasteiger partial charge in [-0.05, 0) is 47.2 Å². The number of rotatable bonds is 2. The van der Waals surface area contributed by atoms with E-state index in [1.165, 1.54) is 17.4 Å². The van der Waals surface area contributed by atoms with Gasteiger partial charge in [0, 0.05) is 0 Å². The molecule has 1 heterocycles. The second-order valence-electron chi connectivity index (χ2n) is 5.22. The van der Waals surface area contributed by atoms with Gasteiger partial charge in [0.2, 0.25) is 0 Å². The number of aromatic nitrogens is 1. The zero-order chi connectivity index (χ0) is 16.0. The topological polar surface area (TPSA) is 70.4 Å². The van der Waals surface area contributed by atoms with E-state index >= 15 is 0 Å². The predicted molar refractivity (Wildman–Crippen MR) is 91.2 cm³/mol. The van der Waals surface area contributed by atoms with Gasteiger partial charge in [-0.15, -0.1) is 11.3 Å². The Morgan fingerprint density at radius 2 is 1.83 bits per heavy atom. The molecule has 0 unspecified atom stereocenters. The molecule has 0 atom stereocenters. The van der Waals surface area contributed by atoms with Gasteiger partial charge >= 0.3 is 5.97 Å². The van der Waals surface area contributed by atoms with Crippen molar-refractivity contribution in [2.75, 3.05) is 0 Å². The summed E-state index contributed by atoms with van der Waals surface area (Å²) in [5.74, 6) is -0.832. The highest BCUT2D eigenvalue weighted by Crippen LogP contribution is 2.37. The molecule has 2 N–H and O–H groups in total. The van der Waals surface area contributed by atoms with Gasteiger partial charge in [-0.2, -0.15) is 0 Å². The molecule has 112 valence electrons. The van der Waals surface area contributed by atoms with Crippen LogP contribution in [-0.2, 0) is 0 Å². The highest BCUT2D eigenvalue weighted by Gasteiger charge is 2.13. The summed E-state index contributed by atoms with van der Waals surface area (Å²) >= 11 is 1.50. The number of benzene rings is 3. The number of thiazole rings is 1. The molecule has 0 aliphatic carbocycles. The lowest BCUT2D eigenvalue weighted by Gasteiger charge is -2.05. The fourth-order valence-electron chi connectivity index (χ4n) is 2.58. The third kappa shape index (κ3) is 2.31. The van der Waals surface area contributed by atoms with E-state index in [-0.39, 0.29) is 11.3 Å². The predicted octanol–water partition coefficient (Wildman–Crippen LogP) is 4.52. The number of nitrogens with zero attached hydrogens (tertiary/aromatic N) is 1. The number of carboxylic acid groups (broad SMARTS) is 1. The first kappa shape index (κ1) is 13.7. The standard InChI is InChI=1S/C18H11NO3S/c20-15-9-10-5-6-11(18(21)22)7-12(10)8-13(15)17-19-14-3-1-2-4-16(14)23-17/h1-9,20H,(H,21,22). The Morgan fingerprint density at radius 3 is 2.61 bits per heavy atom. The average Bonchev–Trinajstić information content (AvgIpc) is 2.97. The largest absolute Gasteiger partial charge is 0.507 e. The Kier molecular flexibility index (Phi) is 3.02. The number of phenols is 1. The Morgan fingerprint density at radius 1 is 1.00 bits per heavy atom. The van der Waals surface area contributed by atoms with E-state index < -0.39 is 5.97 Å². The van der Waals surface area contributed by atoms with Crippen molar-refractivity contribution in [1.29, 1.82) is 0 Å². The normalized spacial score (nSPS) is 11.1. The lowest BCUT2D eigenvalue weighted by atomic mass is 10.0. The number of carboxylic acids is 1. The molecule has 1 aromatic heterocycles. The number of aromatic carboxylic acids is 1. The van der Waals surface area contributed by atoms with E-state index in [1.54, 1.807) is 24.3 Å². The molecule has 0 saturated heterocycles. The number of para-hydroxylation sites is 1. The summed E-state index contributed by atoms with van der Waals surface area (Å²) in [7, 11) is 0. The minimum absolute atomic E-state index is 0.139. The SMILES string of the molecule is O=C(O)c1ccc2cc(O)c(-c3nc4ccccc4s3)cc2c1. The van der Waals surface area contributed by atoms with Gasteiger partial charge < -0.3 is 10.2 Å². The van der Waals surface area contributed by atoms with Crippen molar-refractivity contribution in [3.8, 4) is 16.3 Å². The summed E-state index contributed by atoms with van der Waals surface area (Å²) in [6, 6.07) is 16.0. The van der Waals surface area contributed by atoms with Crippen LogP contribution in [0.4, 0.5) is 0 Å². The number of hydrogen-bond donors (Lipinski definition) is 2. The van der Waals surface area contributed by atoms with Crippen LogP contribution in [0.15, 0.2) is 54.6 Å². The molecule has 0 radical (unpaired) electrons. The molecule has 0 saturated carbocycles. The van der Waals surface area contributed by atoms with Crippen LogP contribution >= 0.6 is 11.3 Å². The third-order valence-electron chi connectivity index (χ3n) is 3.73. The van der Waals surface area contributed by atoms with Crippen molar-refractivity contribution >= 4 is 38.3 Å². The van der Waals surface area contributed by atoms with Gasteiger partial charge in [0.05, 0.1) is 21.3 Å². The van der Waals surface area contributed by atoms with Crippen LogP contribution in [0.5, 0.6) is 5.75 Å². The summed E-state index contributed by atoms with van der Waals surface area (Å²) in [4.78, 5) is 15.7. The van der Waals surface area contributed by atoms with E-state index in [0.29, 0.717) is 10.6 Å². The molecule has 0 aliphatic rings. The Hall–Kier alpha value is -2.92. The van der Waals surface area contributed by atoms with Crippen LogP contribution in [0.1, 0.15) is 10.4 Å². The van der Waals surface area contributed by atoms with Crippen LogP contribution in [-0.4, -0.2) is 21.2 Å². The molecule has 3 aromatic carbocycles. The van der Waals surface area contributed by atoms with Crippen molar-refractivity contribution in [3.05, 3.63) is 60.2 Å². The van der Waals surface area contributed by atoms with Crippen LogP contribution in [0.25, 0.3) is 31.6 Å². The van der Waals surface area contributed by atoms with Crippen molar-refractivity contribution in [2.45, 2.75) is 0 Å². The highest BCUT2D eigenvalue weighted by atomic mass is 32.1. The number of aromatic hydroxyl groups is 1. The summed E-state index contributed by atoms with van der Waals surface area (Å²) in [5, 5.41) is 21.7. The van der Waals surface area contributed by atoms with Crippen LogP contribution < -0.4 is 0 Å². The zero-order valence-electron chi connectivity index (χ0n) is 11.9. The third-order valence-corrected chi connectivity index (χ3v) is 4.80. The first-order valence-electron chi connectivity index (χ1n) is 6.98. The van der Waals surface area contributed by atoms with Crippen molar-refractivity contribution in [3.63, 3.8) is 0 Å². The summed E-state index contributed by atoms with van der Waals surface area (Å²) in [6.45, 7) is 0. The number of fused-ring (bicyclic) bond motifs is 2. The molecule has 0 bridgehead atoms. The van der Waals surface area contributed by atoms with Gasteiger partial charge in [0.15, 0.2) is 0 Å². The van der Waals surface area contributed by atoms with Gasteiger partial charge in [0.1, 0.15) is 10.8 Å². The van der Waals surface area contributed by atoms with Gasteiger partial charge in [-0.25, -0.2) is 9.78 Å². The second-order valence-corrected chi connectivity index (χ2v) is 6.25. The molecule has 0 spiro atoms. The monoisotopic (exact) mass is 321 g/mol. The second kappa shape index (κ2) is 5.07. The van der Waals surface area contributed by atoms with E-state index in [9.17, 15) is 9.90 Å². The Bertz CT molecular complexity index is 1040. The van der Waals surface area contributed by atoms with Crippen molar-refractivity contribution in [1.82, 2.24) is 4.98 Å². The Balaban J connectivity index is 1.94. The molecule has 5 heteroatoms. The molecular formula is C18H11NO3S. The molecule has 0 amide bonds. The maximum atomic E-state index is 11.1.